The predicted molar refractivity (Wildman–Crippen MR) is 85.6 cm³/mol. The lowest BCUT2D eigenvalue weighted by atomic mass is 10.1. The van der Waals surface area contributed by atoms with E-state index in [4.69, 9.17) is 4.98 Å². The molecule has 1 N–H and O–H groups in total. The Labute approximate surface area is 123 Å². The lowest BCUT2D eigenvalue weighted by Crippen LogP contribution is -2.32. The minimum Gasteiger partial charge on any atom is -0.373 e. The second-order valence-electron chi connectivity index (χ2n) is 6.13. The topological polar surface area (TPSA) is 41.0 Å². The van der Waals surface area contributed by atoms with E-state index in [0.717, 1.165) is 17.5 Å². The molecule has 0 atom stereocenters. The third-order valence-corrected chi connectivity index (χ3v) is 4.24. The number of anilines is 2. The number of rotatable bonds is 4. The smallest absolute Gasteiger partial charge is 0.135 e. The van der Waals surface area contributed by atoms with E-state index in [0.29, 0.717) is 12.0 Å². The zero-order chi connectivity index (χ0) is 14.5. The lowest BCUT2D eigenvalue weighted by Gasteiger charge is -2.29. The molecule has 112 valence electrons. The van der Waals surface area contributed by atoms with E-state index in [1.54, 1.807) is 0 Å². The van der Waals surface area contributed by atoms with Crippen LogP contribution in [0, 0.1) is 0 Å². The molecule has 0 amide bonds. The van der Waals surface area contributed by atoms with Crippen LogP contribution in [0.5, 0.6) is 0 Å². The van der Waals surface area contributed by atoms with Crippen LogP contribution >= 0.6 is 0 Å². The van der Waals surface area contributed by atoms with Crippen molar-refractivity contribution in [1.82, 2.24) is 9.97 Å². The van der Waals surface area contributed by atoms with E-state index in [1.165, 1.54) is 38.5 Å². The molecule has 1 heterocycles. The third kappa shape index (κ3) is 3.62. The van der Waals surface area contributed by atoms with E-state index in [9.17, 15) is 0 Å². The van der Waals surface area contributed by atoms with Gasteiger partial charge < -0.3 is 10.2 Å². The molecule has 1 fully saturated rings. The van der Waals surface area contributed by atoms with Gasteiger partial charge in [0.15, 0.2) is 0 Å². The van der Waals surface area contributed by atoms with Crippen molar-refractivity contribution in [2.24, 2.45) is 0 Å². The molecule has 4 heteroatoms. The predicted octanol–water partition coefficient (Wildman–Crippen LogP) is 3.80. The Balaban J connectivity index is 2.23. The van der Waals surface area contributed by atoms with Crippen LogP contribution < -0.4 is 10.2 Å². The minimum absolute atomic E-state index is 0.351. The fourth-order valence-corrected chi connectivity index (χ4v) is 2.85. The van der Waals surface area contributed by atoms with E-state index in [-0.39, 0.29) is 0 Å². The summed E-state index contributed by atoms with van der Waals surface area (Å²) in [6, 6.07) is 2.69. The first kappa shape index (κ1) is 15.1. The molecule has 0 spiro atoms. The maximum Gasteiger partial charge on any atom is 0.135 e. The molecule has 0 radical (unpaired) electrons. The Hall–Kier alpha value is -1.32. The first-order chi connectivity index (χ1) is 9.61. The van der Waals surface area contributed by atoms with E-state index in [1.807, 2.05) is 7.05 Å². The summed E-state index contributed by atoms with van der Waals surface area (Å²) in [4.78, 5) is 11.7. The SMILES string of the molecule is CNc1cc(N(C)C2CCCCCC2)nc(C(C)C)n1. The maximum atomic E-state index is 4.76. The van der Waals surface area contributed by atoms with E-state index >= 15 is 0 Å². The molecule has 0 unspecified atom stereocenters. The number of aromatic nitrogens is 2. The molecular formula is C16H28N4. The highest BCUT2D eigenvalue weighted by Crippen LogP contribution is 2.26. The van der Waals surface area contributed by atoms with Crippen molar-refractivity contribution in [2.75, 3.05) is 24.3 Å². The zero-order valence-electron chi connectivity index (χ0n) is 13.3. The average molecular weight is 276 g/mol. The third-order valence-electron chi connectivity index (χ3n) is 4.24. The molecule has 0 aliphatic heterocycles. The standard InChI is InChI=1S/C16H28N4/c1-12(2)16-18-14(17-3)11-15(19-16)20(4)13-9-7-5-6-8-10-13/h11-13H,5-10H2,1-4H3,(H,17,18,19). The highest BCUT2D eigenvalue weighted by molar-refractivity contribution is 5.49. The Kier molecular flexibility index (Phi) is 5.21. The summed E-state index contributed by atoms with van der Waals surface area (Å²) < 4.78 is 0. The van der Waals surface area contributed by atoms with Gasteiger partial charge in [-0.25, -0.2) is 9.97 Å². The summed E-state index contributed by atoms with van der Waals surface area (Å²) in [5.41, 5.74) is 0. The van der Waals surface area contributed by atoms with Crippen LogP contribution in [-0.4, -0.2) is 30.1 Å². The van der Waals surface area contributed by atoms with Gasteiger partial charge in [-0.05, 0) is 12.8 Å². The highest BCUT2D eigenvalue weighted by atomic mass is 15.2. The molecule has 0 bridgehead atoms. The van der Waals surface area contributed by atoms with Crippen LogP contribution in [-0.2, 0) is 0 Å². The summed E-state index contributed by atoms with van der Waals surface area (Å²) in [5, 5.41) is 3.15. The second kappa shape index (κ2) is 6.91. The number of hydrogen-bond donors (Lipinski definition) is 1. The molecule has 2 rings (SSSR count). The van der Waals surface area contributed by atoms with Gasteiger partial charge in [-0.2, -0.15) is 0 Å². The molecule has 1 aromatic rings. The average Bonchev–Trinajstić information content (AvgIpc) is 2.74. The molecule has 1 aliphatic rings. The zero-order valence-corrected chi connectivity index (χ0v) is 13.3. The molecule has 0 saturated heterocycles. The van der Waals surface area contributed by atoms with Gasteiger partial charge in [0.2, 0.25) is 0 Å². The Morgan fingerprint density at radius 2 is 1.80 bits per heavy atom. The second-order valence-corrected chi connectivity index (χ2v) is 6.13. The van der Waals surface area contributed by atoms with Gasteiger partial charge in [0.1, 0.15) is 17.5 Å². The van der Waals surface area contributed by atoms with Crippen LogP contribution in [0.25, 0.3) is 0 Å². The van der Waals surface area contributed by atoms with Gasteiger partial charge in [-0.1, -0.05) is 39.5 Å². The number of hydrogen-bond acceptors (Lipinski definition) is 4. The molecule has 4 nitrogen and oxygen atoms in total. The number of nitrogens with one attached hydrogen (secondary N) is 1. The summed E-state index contributed by atoms with van der Waals surface area (Å²) in [6.45, 7) is 4.29. The normalized spacial score (nSPS) is 17.1. The summed E-state index contributed by atoms with van der Waals surface area (Å²) in [5.74, 6) is 3.25. The Bertz CT molecular complexity index is 422. The fraction of sp³-hybridized carbons (Fsp3) is 0.750. The van der Waals surface area contributed by atoms with Crippen LogP contribution in [0.2, 0.25) is 0 Å². The minimum atomic E-state index is 0.351. The molecule has 20 heavy (non-hydrogen) atoms. The van der Waals surface area contributed by atoms with Gasteiger partial charge in [0.25, 0.3) is 0 Å². The van der Waals surface area contributed by atoms with Crippen molar-refractivity contribution in [1.29, 1.82) is 0 Å². The van der Waals surface area contributed by atoms with Crippen molar-refractivity contribution in [2.45, 2.75) is 64.3 Å². The lowest BCUT2D eigenvalue weighted by molar-refractivity contribution is 0.547. The largest absolute Gasteiger partial charge is 0.373 e. The fourth-order valence-electron chi connectivity index (χ4n) is 2.85. The molecular weight excluding hydrogens is 248 g/mol. The van der Waals surface area contributed by atoms with Gasteiger partial charge in [-0.3, -0.25) is 0 Å². The quantitative estimate of drug-likeness (QED) is 0.849. The van der Waals surface area contributed by atoms with E-state index in [2.05, 4.69) is 42.2 Å². The van der Waals surface area contributed by atoms with Gasteiger partial charge in [0, 0.05) is 32.1 Å². The van der Waals surface area contributed by atoms with Crippen molar-refractivity contribution in [3.8, 4) is 0 Å². The van der Waals surface area contributed by atoms with E-state index < -0.39 is 0 Å². The van der Waals surface area contributed by atoms with Gasteiger partial charge in [-0.15, -0.1) is 0 Å². The van der Waals surface area contributed by atoms with Crippen LogP contribution in [0.15, 0.2) is 6.07 Å². The molecule has 1 aliphatic carbocycles. The van der Waals surface area contributed by atoms with Gasteiger partial charge in [0.05, 0.1) is 0 Å². The first-order valence-electron chi connectivity index (χ1n) is 7.91. The molecule has 1 saturated carbocycles. The Morgan fingerprint density at radius 3 is 2.35 bits per heavy atom. The molecule has 0 aromatic carbocycles. The maximum absolute atomic E-state index is 4.76. The van der Waals surface area contributed by atoms with Crippen molar-refractivity contribution >= 4 is 11.6 Å². The monoisotopic (exact) mass is 276 g/mol. The first-order valence-corrected chi connectivity index (χ1v) is 7.91. The van der Waals surface area contributed by atoms with Crippen LogP contribution in [0.1, 0.15) is 64.1 Å². The van der Waals surface area contributed by atoms with Crippen molar-refractivity contribution < 1.29 is 0 Å². The summed E-state index contributed by atoms with van der Waals surface area (Å²) in [6.07, 6.45) is 8.02. The van der Waals surface area contributed by atoms with Crippen molar-refractivity contribution in [3.05, 3.63) is 11.9 Å². The van der Waals surface area contributed by atoms with Gasteiger partial charge >= 0.3 is 0 Å². The summed E-state index contributed by atoms with van der Waals surface area (Å²) in [7, 11) is 4.10. The number of nitrogens with zero attached hydrogens (tertiary/aromatic N) is 3. The Morgan fingerprint density at radius 1 is 1.15 bits per heavy atom. The van der Waals surface area contributed by atoms with Crippen molar-refractivity contribution in [3.63, 3.8) is 0 Å². The van der Waals surface area contributed by atoms with Crippen LogP contribution in [0.3, 0.4) is 0 Å². The molecule has 1 aromatic heterocycles. The van der Waals surface area contributed by atoms with Crippen LogP contribution in [0.4, 0.5) is 11.6 Å². The highest BCUT2D eigenvalue weighted by Gasteiger charge is 2.19. The summed E-state index contributed by atoms with van der Waals surface area (Å²) >= 11 is 0.